The van der Waals surface area contributed by atoms with Crippen LogP contribution in [0.1, 0.15) is 36.2 Å². The minimum Gasteiger partial charge on any atom is -0.258 e. The van der Waals surface area contributed by atoms with Crippen LogP contribution in [0.2, 0.25) is 0 Å². The van der Waals surface area contributed by atoms with Gasteiger partial charge in [0, 0.05) is 30.0 Å². The maximum atomic E-state index is 13.6. The number of nitrogens with zero attached hydrogens (tertiary/aromatic N) is 3. The molecule has 20 heavy (non-hydrogen) atoms. The molecule has 0 N–H and O–H groups in total. The fourth-order valence-corrected chi connectivity index (χ4v) is 2.40. The van der Waals surface area contributed by atoms with Crippen LogP contribution in [0.15, 0.2) is 12.1 Å². The Morgan fingerprint density at radius 3 is 2.60 bits per heavy atom. The highest BCUT2D eigenvalue weighted by molar-refractivity contribution is 7.05. The molecule has 2 aromatic rings. The third kappa shape index (κ3) is 2.96. The van der Waals surface area contributed by atoms with Crippen LogP contribution in [0.5, 0.6) is 0 Å². The van der Waals surface area contributed by atoms with Crippen molar-refractivity contribution in [1.82, 2.24) is 9.36 Å². The van der Waals surface area contributed by atoms with Crippen LogP contribution in [-0.2, 0) is 6.42 Å². The van der Waals surface area contributed by atoms with Gasteiger partial charge in [-0.2, -0.15) is 8.76 Å². The van der Waals surface area contributed by atoms with Crippen LogP contribution in [0.4, 0.5) is 14.5 Å². The molecule has 1 heterocycles. The Balaban J connectivity index is 2.32. The summed E-state index contributed by atoms with van der Waals surface area (Å²) < 4.78 is 31.0. The fraction of sp³-hybridized carbons (Fsp3) is 0.333. The van der Waals surface area contributed by atoms with Gasteiger partial charge in [-0.15, -0.1) is 0 Å². The molecule has 0 aliphatic carbocycles. The van der Waals surface area contributed by atoms with Gasteiger partial charge in [-0.25, -0.2) is 9.37 Å². The molecule has 0 bridgehead atoms. The summed E-state index contributed by atoms with van der Waals surface area (Å²) >= 11 is 1.11. The maximum Gasteiger partial charge on any atom is 0.305 e. The Morgan fingerprint density at radius 2 is 2.05 bits per heavy atom. The largest absolute Gasteiger partial charge is 0.305 e. The molecule has 0 aliphatic rings. The van der Waals surface area contributed by atoms with Gasteiger partial charge in [0.05, 0.1) is 4.92 Å². The van der Waals surface area contributed by atoms with Crippen LogP contribution in [0.3, 0.4) is 0 Å². The highest BCUT2D eigenvalue weighted by Gasteiger charge is 2.19. The van der Waals surface area contributed by atoms with Crippen molar-refractivity contribution in [1.29, 1.82) is 0 Å². The Labute approximate surface area is 117 Å². The molecular weight excluding hydrogens is 288 g/mol. The quantitative estimate of drug-likeness (QED) is 0.640. The van der Waals surface area contributed by atoms with Crippen LogP contribution >= 0.6 is 11.5 Å². The van der Waals surface area contributed by atoms with E-state index in [1.807, 2.05) is 13.8 Å². The van der Waals surface area contributed by atoms with Gasteiger partial charge in [0.25, 0.3) is 0 Å². The first-order valence-corrected chi connectivity index (χ1v) is 6.60. The van der Waals surface area contributed by atoms with Crippen molar-refractivity contribution in [3.8, 4) is 0 Å². The number of benzene rings is 1. The molecule has 0 spiro atoms. The van der Waals surface area contributed by atoms with Gasteiger partial charge >= 0.3 is 5.69 Å². The zero-order valence-electron chi connectivity index (χ0n) is 10.8. The maximum absolute atomic E-state index is 13.6. The predicted molar refractivity (Wildman–Crippen MR) is 69.8 cm³/mol. The van der Waals surface area contributed by atoms with Crippen molar-refractivity contribution in [2.75, 3.05) is 0 Å². The third-order valence-electron chi connectivity index (χ3n) is 2.65. The lowest BCUT2D eigenvalue weighted by Crippen LogP contribution is -1.99. The molecule has 5 nitrogen and oxygen atoms in total. The van der Waals surface area contributed by atoms with Crippen molar-refractivity contribution in [3.05, 3.63) is 50.3 Å². The summed E-state index contributed by atoms with van der Waals surface area (Å²) in [6.45, 7) is 3.85. The zero-order valence-corrected chi connectivity index (χ0v) is 11.6. The summed E-state index contributed by atoms with van der Waals surface area (Å²) in [5.41, 5.74) is -0.709. The minimum atomic E-state index is -1.18. The summed E-state index contributed by atoms with van der Waals surface area (Å²) in [4.78, 5) is 14.0. The molecular formula is C12H11F2N3O2S. The van der Waals surface area contributed by atoms with E-state index in [2.05, 4.69) is 9.36 Å². The van der Waals surface area contributed by atoms with Gasteiger partial charge in [0.1, 0.15) is 16.6 Å². The number of nitro groups is 1. The topological polar surface area (TPSA) is 68.9 Å². The number of hydrogen-bond donors (Lipinski definition) is 0. The Morgan fingerprint density at radius 1 is 1.35 bits per heavy atom. The standard InChI is InChI=1S/C12H11F2N3O2S/c1-6(2)12-15-11(20-16-12)4-7-3-10(17(18)19)9(14)5-8(7)13/h3,5-6H,4H2,1-2H3. The molecule has 2 rings (SSSR count). The van der Waals surface area contributed by atoms with Crippen LogP contribution in [-0.4, -0.2) is 14.3 Å². The van der Waals surface area contributed by atoms with E-state index in [9.17, 15) is 18.9 Å². The molecule has 0 unspecified atom stereocenters. The Bertz CT molecular complexity index is 658. The lowest BCUT2D eigenvalue weighted by molar-refractivity contribution is -0.387. The summed E-state index contributed by atoms with van der Waals surface area (Å²) in [6.07, 6.45) is 0.0529. The SMILES string of the molecule is CC(C)c1nsc(Cc2cc([N+](=O)[O-])c(F)cc2F)n1. The first-order chi connectivity index (χ1) is 9.38. The van der Waals surface area contributed by atoms with Gasteiger partial charge in [0.2, 0.25) is 5.82 Å². The molecule has 0 saturated carbocycles. The summed E-state index contributed by atoms with van der Waals surface area (Å²) in [6, 6.07) is 1.43. The van der Waals surface area contributed by atoms with Crippen molar-refractivity contribution in [3.63, 3.8) is 0 Å². The van der Waals surface area contributed by atoms with Gasteiger partial charge in [-0.05, 0) is 11.5 Å². The van der Waals surface area contributed by atoms with E-state index in [4.69, 9.17) is 0 Å². The second-order valence-electron chi connectivity index (χ2n) is 4.53. The summed E-state index contributed by atoms with van der Waals surface area (Å²) in [7, 11) is 0. The summed E-state index contributed by atoms with van der Waals surface area (Å²) in [5, 5.41) is 11.2. The van der Waals surface area contributed by atoms with E-state index in [1.165, 1.54) is 0 Å². The molecule has 0 radical (unpaired) electrons. The van der Waals surface area contributed by atoms with E-state index < -0.39 is 22.2 Å². The summed E-state index contributed by atoms with van der Waals surface area (Å²) in [5.74, 6) is -1.22. The van der Waals surface area contributed by atoms with Crippen molar-refractivity contribution < 1.29 is 13.7 Å². The third-order valence-corrected chi connectivity index (χ3v) is 3.38. The molecule has 1 aromatic heterocycles. The van der Waals surface area contributed by atoms with E-state index in [-0.39, 0.29) is 17.9 Å². The van der Waals surface area contributed by atoms with E-state index in [1.54, 1.807) is 0 Å². The van der Waals surface area contributed by atoms with Gasteiger partial charge in [-0.1, -0.05) is 13.8 Å². The van der Waals surface area contributed by atoms with Crippen LogP contribution in [0.25, 0.3) is 0 Å². The first kappa shape index (κ1) is 14.4. The number of rotatable bonds is 4. The second kappa shape index (κ2) is 5.58. The molecule has 1 aromatic carbocycles. The highest BCUT2D eigenvalue weighted by atomic mass is 32.1. The van der Waals surface area contributed by atoms with Crippen molar-refractivity contribution in [2.45, 2.75) is 26.2 Å². The molecule has 0 fully saturated rings. The van der Waals surface area contributed by atoms with Crippen LogP contribution < -0.4 is 0 Å². The lowest BCUT2D eigenvalue weighted by Gasteiger charge is -2.02. The molecule has 0 aliphatic heterocycles. The minimum absolute atomic E-state index is 0.0320. The predicted octanol–water partition coefficient (Wildman–Crippen LogP) is 3.44. The lowest BCUT2D eigenvalue weighted by atomic mass is 10.1. The molecule has 106 valence electrons. The van der Waals surface area contributed by atoms with Crippen LogP contribution in [0, 0.1) is 21.7 Å². The normalized spacial score (nSPS) is 11.1. The number of nitro benzene ring substituents is 1. The number of halogens is 2. The number of hydrogen-bond acceptors (Lipinski definition) is 5. The zero-order chi connectivity index (χ0) is 14.9. The van der Waals surface area contributed by atoms with Crippen molar-refractivity contribution in [2.24, 2.45) is 0 Å². The fourth-order valence-electron chi connectivity index (χ4n) is 1.59. The second-order valence-corrected chi connectivity index (χ2v) is 5.37. The average Bonchev–Trinajstić information content (AvgIpc) is 2.80. The molecule has 0 saturated heterocycles. The molecule has 0 atom stereocenters. The smallest absolute Gasteiger partial charge is 0.258 e. The van der Waals surface area contributed by atoms with E-state index >= 15 is 0 Å². The molecule has 8 heteroatoms. The van der Waals surface area contributed by atoms with E-state index in [0.717, 1.165) is 17.6 Å². The Hall–Kier alpha value is -1.96. The van der Waals surface area contributed by atoms with Crippen molar-refractivity contribution >= 4 is 17.2 Å². The molecule has 0 amide bonds. The van der Waals surface area contributed by atoms with Gasteiger partial charge < -0.3 is 0 Å². The first-order valence-electron chi connectivity index (χ1n) is 5.83. The highest BCUT2D eigenvalue weighted by Crippen LogP contribution is 2.24. The number of aromatic nitrogens is 2. The van der Waals surface area contributed by atoms with Gasteiger partial charge in [0.15, 0.2) is 0 Å². The monoisotopic (exact) mass is 299 g/mol. The van der Waals surface area contributed by atoms with Gasteiger partial charge in [-0.3, -0.25) is 10.1 Å². The van der Waals surface area contributed by atoms with E-state index in [0.29, 0.717) is 16.9 Å². The average molecular weight is 299 g/mol. The Kier molecular flexibility index (Phi) is 4.03.